The zero-order chi connectivity index (χ0) is 9.26. The van der Waals surface area contributed by atoms with Gasteiger partial charge in [0, 0.05) is 16.7 Å². The van der Waals surface area contributed by atoms with Gasteiger partial charge < -0.3 is 5.73 Å². The van der Waals surface area contributed by atoms with Gasteiger partial charge in [0.2, 0.25) is 0 Å². The number of nitrogens with two attached hydrogens (primary N) is 1. The molecule has 13 heavy (non-hydrogen) atoms. The minimum atomic E-state index is 0.316. The Morgan fingerprint density at radius 1 is 1.54 bits per heavy atom. The topological polar surface area (TPSA) is 26.0 Å². The van der Waals surface area contributed by atoms with E-state index in [1.807, 2.05) is 11.8 Å². The predicted molar refractivity (Wildman–Crippen MR) is 58.2 cm³/mol. The Morgan fingerprint density at radius 3 is 3.08 bits per heavy atom. The van der Waals surface area contributed by atoms with E-state index in [2.05, 4.69) is 31.2 Å². The molecule has 2 atom stereocenters. The first-order valence-corrected chi connectivity index (χ1v) is 5.73. The van der Waals surface area contributed by atoms with Gasteiger partial charge in [0.15, 0.2) is 0 Å². The van der Waals surface area contributed by atoms with Gasteiger partial charge in [0.1, 0.15) is 0 Å². The Hall–Kier alpha value is -0.470. The number of fused-ring (bicyclic) bond motifs is 1. The van der Waals surface area contributed by atoms with Gasteiger partial charge in [-0.3, -0.25) is 0 Å². The van der Waals surface area contributed by atoms with Crippen molar-refractivity contribution in [3.05, 3.63) is 29.8 Å². The van der Waals surface area contributed by atoms with Crippen LogP contribution in [0.1, 0.15) is 24.8 Å². The first kappa shape index (κ1) is 9.10. The van der Waals surface area contributed by atoms with E-state index in [1.165, 1.54) is 16.2 Å². The van der Waals surface area contributed by atoms with Crippen LogP contribution in [0.25, 0.3) is 0 Å². The summed E-state index contributed by atoms with van der Waals surface area (Å²) in [5, 5.41) is 0. The second-order valence-electron chi connectivity index (χ2n) is 3.76. The Balaban J connectivity index is 2.18. The van der Waals surface area contributed by atoms with E-state index in [0.717, 1.165) is 6.42 Å². The molecular weight excluding hydrogens is 178 g/mol. The highest BCUT2D eigenvalue weighted by Crippen LogP contribution is 2.41. The Bertz CT molecular complexity index is 296. The molecule has 0 bridgehead atoms. The van der Waals surface area contributed by atoms with Crippen molar-refractivity contribution in [2.45, 2.75) is 30.2 Å². The van der Waals surface area contributed by atoms with Gasteiger partial charge in [-0.2, -0.15) is 0 Å². The molecule has 2 rings (SSSR count). The molecule has 1 aromatic rings. The van der Waals surface area contributed by atoms with E-state index in [1.54, 1.807) is 0 Å². The van der Waals surface area contributed by atoms with Gasteiger partial charge >= 0.3 is 0 Å². The molecule has 0 aliphatic carbocycles. The van der Waals surface area contributed by atoms with Crippen LogP contribution in [0.2, 0.25) is 0 Å². The van der Waals surface area contributed by atoms with Crippen LogP contribution < -0.4 is 5.73 Å². The Morgan fingerprint density at radius 2 is 2.31 bits per heavy atom. The standard InChI is InChI=1S/C11H15NS/c1-8(12)6-9-7-13-11-5-3-2-4-10(9)11/h2-5,8-9H,6-7,12H2,1H3. The number of hydrogen-bond donors (Lipinski definition) is 1. The normalized spacial score (nSPS) is 22.8. The Labute approximate surface area is 83.7 Å². The lowest BCUT2D eigenvalue weighted by molar-refractivity contribution is 0.593. The highest BCUT2D eigenvalue weighted by molar-refractivity contribution is 7.99. The Kier molecular flexibility index (Phi) is 2.61. The maximum absolute atomic E-state index is 5.82. The molecule has 1 aromatic carbocycles. The zero-order valence-corrected chi connectivity index (χ0v) is 8.68. The van der Waals surface area contributed by atoms with Gasteiger partial charge in [-0.1, -0.05) is 18.2 Å². The molecule has 1 aliphatic heterocycles. The van der Waals surface area contributed by atoms with Gasteiger partial charge in [-0.15, -0.1) is 11.8 Å². The van der Waals surface area contributed by atoms with Crippen molar-refractivity contribution in [3.8, 4) is 0 Å². The molecular formula is C11H15NS. The van der Waals surface area contributed by atoms with Gasteiger partial charge in [0.05, 0.1) is 0 Å². The monoisotopic (exact) mass is 193 g/mol. The molecule has 2 N–H and O–H groups in total. The lowest BCUT2D eigenvalue weighted by Crippen LogP contribution is -2.18. The highest BCUT2D eigenvalue weighted by Gasteiger charge is 2.22. The van der Waals surface area contributed by atoms with Crippen molar-refractivity contribution < 1.29 is 0 Å². The van der Waals surface area contributed by atoms with E-state index >= 15 is 0 Å². The molecule has 1 heterocycles. The van der Waals surface area contributed by atoms with E-state index in [-0.39, 0.29) is 0 Å². The molecule has 0 fully saturated rings. The van der Waals surface area contributed by atoms with Crippen LogP contribution in [0.3, 0.4) is 0 Å². The van der Waals surface area contributed by atoms with E-state index in [9.17, 15) is 0 Å². The van der Waals surface area contributed by atoms with Crippen LogP contribution in [0.5, 0.6) is 0 Å². The van der Waals surface area contributed by atoms with Gasteiger partial charge in [0.25, 0.3) is 0 Å². The van der Waals surface area contributed by atoms with Crippen molar-refractivity contribution in [1.82, 2.24) is 0 Å². The maximum Gasteiger partial charge on any atom is 0.0107 e. The van der Waals surface area contributed by atoms with Crippen LogP contribution >= 0.6 is 11.8 Å². The molecule has 2 heteroatoms. The largest absolute Gasteiger partial charge is 0.328 e. The summed E-state index contributed by atoms with van der Waals surface area (Å²) >= 11 is 1.96. The fourth-order valence-electron chi connectivity index (χ4n) is 1.87. The summed E-state index contributed by atoms with van der Waals surface area (Å²) in [6.45, 7) is 2.09. The maximum atomic E-state index is 5.82. The summed E-state index contributed by atoms with van der Waals surface area (Å²) in [5.41, 5.74) is 7.32. The quantitative estimate of drug-likeness (QED) is 0.781. The van der Waals surface area contributed by atoms with Crippen molar-refractivity contribution >= 4 is 11.8 Å². The van der Waals surface area contributed by atoms with Crippen LogP contribution in [0, 0.1) is 0 Å². The predicted octanol–water partition coefficient (Wildman–Crippen LogP) is 2.61. The molecule has 0 aromatic heterocycles. The number of hydrogen-bond acceptors (Lipinski definition) is 2. The summed E-state index contributed by atoms with van der Waals surface area (Å²) in [6.07, 6.45) is 1.12. The lowest BCUT2D eigenvalue weighted by atomic mass is 9.95. The van der Waals surface area contributed by atoms with Crippen LogP contribution in [-0.4, -0.2) is 11.8 Å². The fraction of sp³-hybridized carbons (Fsp3) is 0.455. The molecule has 0 saturated heterocycles. The van der Waals surface area contributed by atoms with Crippen molar-refractivity contribution in [2.24, 2.45) is 5.73 Å². The van der Waals surface area contributed by atoms with Crippen LogP contribution in [0.4, 0.5) is 0 Å². The SMILES string of the molecule is CC(N)CC1CSc2ccccc21. The molecule has 0 saturated carbocycles. The van der Waals surface area contributed by atoms with Crippen molar-refractivity contribution in [2.75, 3.05) is 5.75 Å². The summed E-state index contributed by atoms with van der Waals surface area (Å²) in [6, 6.07) is 9.00. The first-order valence-electron chi connectivity index (χ1n) is 4.74. The number of rotatable bonds is 2. The van der Waals surface area contributed by atoms with E-state index in [0.29, 0.717) is 12.0 Å². The third-order valence-electron chi connectivity index (χ3n) is 2.46. The van der Waals surface area contributed by atoms with Crippen LogP contribution in [-0.2, 0) is 0 Å². The highest BCUT2D eigenvalue weighted by atomic mass is 32.2. The fourth-order valence-corrected chi connectivity index (χ4v) is 3.15. The average molecular weight is 193 g/mol. The lowest BCUT2D eigenvalue weighted by Gasteiger charge is -2.12. The minimum Gasteiger partial charge on any atom is -0.328 e. The summed E-state index contributed by atoms with van der Waals surface area (Å²) in [7, 11) is 0. The smallest absolute Gasteiger partial charge is 0.0107 e. The van der Waals surface area contributed by atoms with E-state index in [4.69, 9.17) is 5.73 Å². The zero-order valence-electron chi connectivity index (χ0n) is 7.86. The molecule has 0 amide bonds. The van der Waals surface area contributed by atoms with Crippen molar-refractivity contribution in [1.29, 1.82) is 0 Å². The van der Waals surface area contributed by atoms with Gasteiger partial charge in [-0.25, -0.2) is 0 Å². The summed E-state index contributed by atoms with van der Waals surface area (Å²) < 4.78 is 0. The first-order chi connectivity index (χ1) is 6.27. The summed E-state index contributed by atoms with van der Waals surface area (Å²) in [5.74, 6) is 1.89. The van der Waals surface area contributed by atoms with Crippen molar-refractivity contribution in [3.63, 3.8) is 0 Å². The summed E-state index contributed by atoms with van der Waals surface area (Å²) in [4.78, 5) is 1.45. The molecule has 0 radical (unpaired) electrons. The number of thioether (sulfide) groups is 1. The molecule has 1 aliphatic rings. The molecule has 70 valence electrons. The third-order valence-corrected chi connectivity index (χ3v) is 3.71. The van der Waals surface area contributed by atoms with Crippen LogP contribution in [0.15, 0.2) is 29.2 Å². The third kappa shape index (κ3) is 1.89. The molecule has 2 unspecified atom stereocenters. The second kappa shape index (κ2) is 3.72. The molecule has 1 nitrogen and oxygen atoms in total. The second-order valence-corrected chi connectivity index (χ2v) is 4.82. The van der Waals surface area contributed by atoms with Gasteiger partial charge in [-0.05, 0) is 30.9 Å². The number of benzene rings is 1. The molecule has 0 spiro atoms. The minimum absolute atomic E-state index is 0.316. The average Bonchev–Trinajstić information content (AvgIpc) is 2.48. The van der Waals surface area contributed by atoms with E-state index < -0.39 is 0 Å².